The van der Waals surface area contributed by atoms with E-state index in [0.717, 1.165) is 5.02 Å². The minimum absolute atomic E-state index is 0.544. The Balaban J connectivity index is 3.06. The van der Waals surface area contributed by atoms with Crippen LogP contribution in [0.2, 0.25) is 5.02 Å². The number of quaternary nitrogens is 1. The Labute approximate surface area is 149 Å². The third-order valence-electron chi connectivity index (χ3n) is 5.47. The second kappa shape index (κ2) is 11.1. The Morgan fingerprint density at radius 1 is 0.870 bits per heavy atom. The summed E-state index contributed by atoms with van der Waals surface area (Å²) in [5, 5.41) is 0.953. The first-order chi connectivity index (χ1) is 11.1. The van der Waals surface area contributed by atoms with Crippen LogP contribution in [0.3, 0.4) is 0 Å². The lowest BCUT2D eigenvalue weighted by molar-refractivity contribution is -0.954. The van der Waals surface area contributed by atoms with E-state index >= 15 is 0 Å². The molecule has 1 atom stereocenters. The summed E-state index contributed by atoms with van der Waals surface area (Å²) in [5.74, 6) is 0. The van der Waals surface area contributed by atoms with Gasteiger partial charge in [-0.05, 0) is 32.8 Å². The third kappa shape index (κ3) is 5.80. The molecule has 1 rings (SSSR count). The molecule has 2 heteroatoms. The number of halogens is 1. The first-order valence-electron chi connectivity index (χ1n) is 9.75. The van der Waals surface area contributed by atoms with Crippen LogP contribution in [0.5, 0.6) is 0 Å². The van der Waals surface area contributed by atoms with E-state index in [9.17, 15) is 0 Å². The van der Waals surface area contributed by atoms with Gasteiger partial charge < -0.3 is 4.48 Å². The molecule has 0 aliphatic rings. The van der Waals surface area contributed by atoms with E-state index in [-0.39, 0.29) is 0 Å². The highest BCUT2D eigenvalue weighted by atomic mass is 35.5. The van der Waals surface area contributed by atoms with Crippen molar-refractivity contribution < 1.29 is 4.48 Å². The summed E-state index contributed by atoms with van der Waals surface area (Å²) in [5.41, 5.74) is 1.37. The van der Waals surface area contributed by atoms with Crippen molar-refractivity contribution in [3.05, 3.63) is 34.9 Å². The molecule has 0 aliphatic carbocycles. The molecular weight excluding hydrogens is 302 g/mol. The standard InChI is InChI=1S/C21H37ClN/c1-5-9-11-12-17-21(19-15-13-14-16-20(19)22)23(7-3,8-4)18-10-6-2/h13-16,21H,5-12,17-18H2,1-4H3/q+1. The van der Waals surface area contributed by atoms with Crippen molar-refractivity contribution in [1.82, 2.24) is 0 Å². The fourth-order valence-corrected chi connectivity index (χ4v) is 4.11. The molecule has 0 spiro atoms. The summed E-state index contributed by atoms with van der Waals surface area (Å²) < 4.78 is 1.18. The number of unbranched alkanes of at least 4 members (excludes halogenated alkanes) is 4. The first kappa shape index (κ1) is 20.5. The molecule has 1 unspecified atom stereocenters. The number of hydrogen-bond donors (Lipinski definition) is 0. The van der Waals surface area contributed by atoms with E-state index in [2.05, 4.69) is 52.0 Å². The van der Waals surface area contributed by atoms with Gasteiger partial charge in [-0.25, -0.2) is 0 Å². The topological polar surface area (TPSA) is 0 Å². The quantitative estimate of drug-likeness (QED) is 0.284. The van der Waals surface area contributed by atoms with E-state index in [0.29, 0.717) is 6.04 Å². The summed E-state index contributed by atoms with van der Waals surface area (Å²) in [4.78, 5) is 0. The van der Waals surface area contributed by atoms with Crippen molar-refractivity contribution in [3.8, 4) is 0 Å². The van der Waals surface area contributed by atoms with E-state index in [4.69, 9.17) is 11.6 Å². The second-order valence-corrected chi connectivity index (χ2v) is 7.22. The summed E-state index contributed by atoms with van der Waals surface area (Å²) in [6, 6.07) is 9.08. The maximum atomic E-state index is 6.60. The van der Waals surface area contributed by atoms with Crippen LogP contribution in [0.25, 0.3) is 0 Å². The molecule has 0 amide bonds. The Kier molecular flexibility index (Phi) is 9.90. The highest BCUT2D eigenvalue weighted by Gasteiger charge is 2.35. The van der Waals surface area contributed by atoms with E-state index in [1.807, 2.05) is 0 Å². The molecule has 1 aromatic rings. The Morgan fingerprint density at radius 2 is 1.52 bits per heavy atom. The number of benzene rings is 1. The van der Waals surface area contributed by atoms with Crippen LogP contribution >= 0.6 is 11.6 Å². The number of nitrogens with zero attached hydrogens (tertiary/aromatic N) is 1. The number of hydrogen-bond acceptors (Lipinski definition) is 0. The van der Waals surface area contributed by atoms with Crippen molar-refractivity contribution in [1.29, 1.82) is 0 Å². The van der Waals surface area contributed by atoms with Crippen LogP contribution in [-0.2, 0) is 0 Å². The highest BCUT2D eigenvalue weighted by molar-refractivity contribution is 6.31. The van der Waals surface area contributed by atoms with Crippen molar-refractivity contribution in [2.24, 2.45) is 0 Å². The fourth-order valence-electron chi connectivity index (χ4n) is 3.84. The molecule has 0 N–H and O–H groups in total. The van der Waals surface area contributed by atoms with Gasteiger partial charge in [0, 0.05) is 17.0 Å². The maximum Gasteiger partial charge on any atom is 0.116 e. The maximum absolute atomic E-state index is 6.60. The van der Waals surface area contributed by atoms with Gasteiger partial charge >= 0.3 is 0 Å². The summed E-state index contributed by atoms with van der Waals surface area (Å²) >= 11 is 6.60. The number of rotatable bonds is 12. The summed E-state index contributed by atoms with van der Waals surface area (Å²) in [7, 11) is 0. The SMILES string of the molecule is CCCCCCC(c1ccccc1Cl)[N+](CC)(CC)CCCC. The molecule has 0 radical (unpaired) electrons. The van der Waals surface area contributed by atoms with Crippen molar-refractivity contribution >= 4 is 11.6 Å². The van der Waals surface area contributed by atoms with E-state index in [1.54, 1.807) is 0 Å². The van der Waals surface area contributed by atoms with Crippen LogP contribution in [0.4, 0.5) is 0 Å². The Hall–Kier alpha value is -0.530. The largest absolute Gasteiger partial charge is 0.318 e. The third-order valence-corrected chi connectivity index (χ3v) is 5.82. The van der Waals surface area contributed by atoms with Crippen LogP contribution in [0.1, 0.15) is 84.2 Å². The van der Waals surface area contributed by atoms with Gasteiger partial charge in [-0.3, -0.25) is 0 Å². The normalized spacial score (nSPS) is 13.3. The molecule has 23 heavy (non-hydrogen) atoms. The van der Waals surface area contributed by atoms with Crippen LogP contribution in [-0.4, -0.2) is 24.1 Å². The van der Waals surface area contributed by atoms with Gasteiger partial charge in [-0.2, -0.15) is 0 Å². The van der Waals surface area contributed by atoms with E-state index < -0.39 is 0 Å². The zero-order chi connectivity index (χ0) is 17.1. The van der Waals surface area contributed by atoms with Gasteiger partial charge in [0.05, 0.1) is 19.6 Å². The minimum Gasteiger partial charge on any atom is -0.318 e. The van der Waals surface area contributed by atoms with Gasteiger partial charge in [0.2, 0.25) is 0 Å². The molecule has 1 nitrogen and oxygen atoms in total. The second-order valence-electron chi connectivity index (χ2n) is 6.81. The van der Waals surface area contributed by atoms with Crippen LogP contribution < -0.4 is 0 Å². The average molecular weight is 339 g/mol. The lowest BCUT2D eigenvalue weighted by Crippen LogP contribution is -2.51. The van der Waals surface area contributed by atoms with Gasteiger partial charge in [0.25, 0.3) is 0 Å². The van der Waals surface area contributed by atoms with Crippen LogP contribution in [0, 0.1) is 0 Å². The zero-order valence-electron chi connectivity index (χ0n) is 15.8. The molecule has 0 bridgehead atoms. The lowest BCUT2D eigenvalue weighted by Gasteiger charge is -2.44. The summed E-state index contributed by atoms with van der Waals surface area (Å²) in [6.45, 7) is 13.0. The highest BCUT2D eigenvalue weighted by Crippen LogP contribution is 2.37. The zero-order valence-corrected chi connectivity index (χ0v) is 16.5. The van der Waals surface area contributed by atoms with Crippen molar-refractivity contribution in [2.45, 2.75) is 78.7 Å². The predicted molar refractivity (Wildman–Crippen MR) is 104 cm³/mol. The molecule has 132 valence electrons. The van der Waals surface area contributed by atoms with Crippen molar-refractivity contribution in [2.75, 3.05) is 19.6 Å². The predicted octanol–water partition coefficient (Wildman–Crippen LogP) is 7.01. The Bertz CT molecular complexity index is 426. The molecular formula is C21H37ClN+. The van der Waals surface area contributed by atoms with Gasteiger partial charge in [-0.15, -0.1) is 0 Å². The minimum atomic E-state index is 0.544. The first-order valence-corrected chi connectivity index (χ1v) is 10.1. The van der Waals surface area contributed by atoms with Gasteiger partial charge in [-0.1, -0.05) is 69.3 Å². The molecule has 0 heterocycles. The summed E-state index contributed by atoms with van der Waals surface area (Å²) in [6.07, 6.45) is 9.14. The van der Waals surface area contributed by atoms with Crippen molar-refractivity contribution in [3.63, 3.8) is 0 Å². The molecule has 0 fully saturated rings. The Morgan fingerprint density at radius 3 is 2.09 bits per heavy atom. The molecule has 1 aromatic carbocycles. The lowest BCUT2D eigenvalue weighted by atomic mass is 9.95. The molecule has 0 saturated carbocycles. The monoisotopic (exact) mass is 338 g/mol. The fraction of sp³-hybridized carbons (Fsp3) is 0.714. The smallest absolute Gasteiger partial charge is 0.116 e. The van der Waals surface area contributed by atoms with Crippen LogP contribution in [0.15, 0.2) is 24.3 Å². The van der Waals surface area contributed by atoms with Gasteiger partial charge in [0.1, 0.15) is 6.04 Å². The molecule has 0 aliphatic heterocycles. The van der Waals surface area contributed by atoms with E-state index in [1.165, 1.54) is 74.6 Å². The molecule has 0 aromatic heterocycles. The van der Waals surface area contributed by atoms with Gasteiger partial charge in [0.15, 0.2) is 0 Å². The molecule has 0 saturated heterocycles. The average Bonchev–Trinajstić information content (AvgIpc) is 2.58.